The number of methoxy groups -OCH3 is 1. The van der Waals surface area contributed by atoms with Gasteiger partial charge in [-0.1, -0.05) is 40.7 Å². The third-order valence-corrected chi connectivity index (χ3v) is 11.6. The number of aromatic nitrogens is 2. The molecule has 4 unspecified atom stereocenters. The van der Waals surface area contributed by atoms with Crippen LogP contribution in [-0.2, 0) is 13.0 Å². The second kappa shape index (κ2) is 13.3. The summed E-state index contributed by atoms with van der Waals surface area (Å²) in [7, 11) is 1.51. The molecule has 3 aromatic rings. The van der Waals surface area contributed by atoms with Crippen LogP contribution in [0, 0.1) is 29.0 Å². The number of aliphatic imine (C=N–C) groups is 1. The second-order valence-electron chi connectivity index (χ2n) is 14.3. The summed E-state index contributed by atoms with van der Waals surface area (Å²) < 4.78 is 21.1. The van der Waals surface area contributed by atoms with E-state index in [-0.39, 0.29) is 11.4 Å². The summed E-state index contributed by atoms with van der Waals surface area (Å²) in [5.41, 5.74) is 2.34. The average molecular weight is 631 g/mol. The molecule has 46 heavy (non-hydrogen) atoms. The van der Waals surface area contributed by atoms with Gasteiger partial charge < -0.3 is 15.0 Å². The molecule has 1 N–H and O–H groups in total. The maximum absolute atomic E-state index is 14.5. The van der Waals surface area contributed by atoms with Gasteiger partial charge in [-0.3, -0.25) is 14.3 Å². The first-order valence-corrected chi connectivity index (χ1v) is 17.3. The number of hydrogen-bond donors (Lipinski definition) is 1. The van der Waals surface area contributed by atoms with E-state index < -0.39 is 0 Å². The van der Waals surface area contributed by atoms with E-state index >= 15 is 0 Å². The van der Waals surface area contributed by atoms with E-state index in [1.54, 1.807) is 23.0 Å². The molecule has 248 valence electrons. The number of aryl methyl sites for hydroxylation is 2. The number of piperazine rings is 1. The Labute approximate surface area is 273 Å². The molecule has 0 radical (unpaired) electrons. The number of nitrogens with zero attached hydrogens (tertiary/aromatic N) is 5. The highest BCUT2D eigenvalue weighted by Gasteiger charge is 2.56. The summed E-state index contributed by atoms with van der Waals surface area (Å²) >= 11 is 0. The maximum atomic E-state index is 14.5. The molecule has 4 fully saturated rings. The van der Waals surface area contributed by atoms with Crippen LogP contribution in [-0.4, -0.2) is 70.7 Å². The predicted octanol–water partition coefficient (Wildman–Crippen LogP) is 6.43. The molecule has 8 nitrogen and oxygen atoms in total. The minimum Gasteiger partial charge on any atom is -0.497 e. The van der Waals surface area contributed by atoms with E-state index in [0.29, 0.717) is 58.6 Å². The Balaban J connectivity index is 1.21. The number of guanidine groups is 1. The Morgan fingerprint density at radius 3 is 2.52 bits per heavy atom. The first kappa shape index (κ1) is 32.5. The van der Waals surface area contributed by atoms with Crippen molar-refractivity contribution < 1.29 is 9.13 Å². The van der Waals surface area contributed by atoms with Gasteiger partial charge in [-0.2, -0.15) is 0 Å². The molecule has 4 aliphatic rings. The van der Waals surface area contributed by atoms with Gasteiger partial charge in [0, 0.05) is 50.5 Å². The molecule has 3 aliphatic carbocycles. The zero-order valence-corrected chi connectivity index (χ0v) is 28.4. The fraction of sp³-hybridized carbons (Fsp3) is 0.595. The molecular weight excluding hydrogens is 579 g/mol. The van der Waals surface area contributed by atoms with Gasteiger partial charge in [-0.15, -0.1) is 0 Å². The van der Waals surface area contributed by atoms with Crippen molar-refractivity contribution in [3.63, 3.8) is 0 Å². The van der Waals surface area contributed by atoms with Crippen molar-refractivity contribution in [3.05, 3.63) is 64.5 Å². The monoisotopic (exact) mass is 630 g/mol. The summed E-state index contributed by atoms with van der Waals surface area (Å²) in [4.78, 5) is 28.5. The van der Waals surface area contributed by atoms with Crippen molar-refractivity contribution in [2.45, 2.75) is 85.4 Å². The fourth-order valence-electron chi connectivity index (χ4n) is 8.37. The van der Waals surface area contributed by atoms with E-state index in [4.69, 9.17) is 9.73 Å². The van der Waals surface area contributed by atoms with E-state index in [1.807, 2.05) is 18.2 Å². The third kappa shape index (κ3) is 6.27. The minimum absolute atomic E-state index is 0.130. The van der Waals surface area contributed by atoms with Crippen molar-refractivity contribution in [3.8, 4) is 5.75 Å². The molecule has 3 saturated carbocycles. The van der Waals surface area contributed by atoms with Crippen LogP contribution in [0.25, 0.3) is 10.9 Å². The highest BCUT2D eigenvalue weighted by Crippen LogP contribution is 2.61. The lowest BCUT2D eigenvalue weighted by Crippen LogP contribution is -2.57. The van der Waals surface area contributed by atoms with E-state index in [0.717, 1.165) is 56.1 Å². The van der Waals surface area contributed by atoms with Crippen LogP contribution in [0.15, 0.2) is 52.5 Å². The lowest BCUT2D eigenvalue weighted by atomic mass is 9.45. The molecule has 1 aromatic heterocycles. The number of anilines is 1. The van der Waals surface area contributed by atoms with Gasteiger partial charge in [0.1, 0.15) is 11.6 Å². The zero-order valence-electron chi connectivity index (χ0n) is 28.4. The van der Waals surface area contributed by atoms with E-state index in [1.165, 1.54) is 32.4 Å². The number of fused-ring (bicyclic) bond motifs is 3. The van der Waals surface area contributed by atoms with Gasteiger partial charge in [0.2, 0.25) is 0 Å². The van der Waals surface area contributed by atoms with Gasteiger partial charge in [0.25, 0.3) is 5.56 Å². The van der Waals surface area contributed by atoms with Crippen LogP contribution in [0.1, 0.15) is 65.9 Å². The van der Waals surface area contributed by atoms with Crippen LogP contribution < -0.4 is 15.6 Å². The molecule has 2 aromatic carbocycles. The number of benzene rings is 2. The summed E-state index contributed by atoms with van der Waals surface area (Å²) in [5, 5.41) is 4.23. The molecule has 0 spiro atoms. The van der Waals surface area contributed by atoms with Crippen LogP contribution >= 0.6 is 0 Å². The molecule has 9 heteroatoms. The summed E-state index contributed by atoms with van der Waals surface area (Å²) in [6, 6.07) is 11.5. The third-order valence-electron chi connectivity index (χ3n) is 11.6. The second-order valence-corrected chi connectivity index (χ2v) is 14.3. The van der Waals surface area contributed by atoms with E-state index in [2.05, 4.69) is 54.7 Å². The van der Waals surface area contributed by atoms with Crippen LogP contribution in [0.2, 0.25) is 0 Å². The van der Waals surface area contributed by atoms with Gasteiger partial charge in [0.15, 0.2) is 5.96 Å². The fourth-order valence-corrected chi connectivity index (χ4v) is 8.37. The molecular formula is C37H51FN6O2. The summed E-state index contributed by atoms with van der Waals surface area (Å²) in [6.45, 7) is 16.1. The highest BCUT2D eigenvalue weighted by atomic mass is 19.1. The quantitative estimate of drug-likeness (QED) is 0.217. The van der Waals surface area contributed by atoms with Crippen molar-refractivity contribution in [2.75, 3.05) is 38.6 Å². The van der Waals surface area contributed by atoms with Crippen LogP contribution in [0.5, 0.6) is 5.75 Å². The summed E-state index contributed by atoms with van der Waals surface area (Å²) in [5.74, 6) is 3.08. The molecule has 1 saturated heterocycles. The van der Waals surface area contributed by atoms with Crippen molar-refractivity contribution in [1.29, 1.82) is 0 Å². The Kier molecular flexibility index (Phi) is 9.42. The summed E-state index contributed by atoms with van der Waals surface area (Å²) in [6.07, 6.45) is 6.78. The van der Waals surface area contributed by atoms with Gasteiger partial charge in [0.05, 0.1) is 30.4 Å². The Morgan fingerprint density at radius 2 is 1.87 bits per heavy atom. The lowest BCUT2D eigenvalue weighted by Gasteiger charge is -2.61. The number of hydrogen-bond acceptors (Lipinski definition) is 5. The molecule has 2 bridgehead atoms. The highest BCUT2D eigenvalue weighted by molar-refractivity contribution is 5.96. The standard InChI is InChI=1S/C37H51FN6O2/c1-7-28(8-2)42-15-17-43(18-16-42)36(41-33-20-26-19-31(24(33)3)37(26,4)5)40-27-10-12-30-34(21-27)39-23-44(35(30)45)14-13-25-9-11-29(46-6)22-32(25)38/h9-12,21-24,26,28,31,33H,7-8,13-20H2,1-6H3,(H,40,41). The van der Waals surface area contributed by atoms with Crippen molar-refractivity contribution in [2.24, 2.45) is 28.2 Å². The van der Waals surface area contributed by atoms with Gasteiger partial charge in [-0.25, -0.2) is 14.4 Å². The van der Waals surface area contributed by atoms with Crippen molar-refractivity contribution >= 4 is 22.5 Å². The topological polar surface area (TPSA) is 75.0 Å². The first-order chi connectivity index (χ1) is 22.1. The van der Waals surface area contributed by atoms with E-state index in [9.17, 15) is 9.18 Å². The minimum atomic E-state index is -0.338. The SMILES string of the molecule is CCC(CC)N1CCN(C(=NC2CC3CC(C2C)C3(C)C)Nc2ccc3c(=O)n(CCc4ccc(OC)cc4F)cnc3c2)CC1. The number of nitrogens with one attached hydrogen (secondary N) is 1. The Bertz CT molecular complexity index is 1620. The lowest BCUT2D eigenvalue weighted by molar-refractivity contribution is -0.108. The Hall–Kier alpha value is -3.46. The molecule has 2 heterocycles. The van der Waals surface area contributed by atoms with Crippen LogP contribution in [0.3, 0.4) is 0 Å². The molecule has 4 atom stereocenters. The largest absolute Gasteiger partial charge is 0.497 e. The predicted molar refractivity (Wildman–Crippen MR) is 184 cm³/mol. The molecule has 7 rings (SSSR count). The zero-order chi connectivity index (χ0) is 32.6. The number of ether oxygens (including phenoxy) is 1. The first-order valence-electron chi connectivity index (χ1n) is 17.3. The van der Waals surface area contributed by atoms with Crippen molar-refractivity contribution in [1.82, 2.24) is 19.4 Å². The maximum Gasteiger partial charge on any atom is 0.261 e. The van der Waals surface area contributed by atoms with Crippen LogP contribution in [0.4, 0.5) is 10.1 Å². The molecule has 1 aliphatic heterocycles. The smallest absolute Gasteiger partial charge is 0.261 e. The number of rotatable bonds is 9. The van der Waals surface area contributed by atoms with Gasteiger partial charge in [-0.05, 0) is 85.1 Å². The van der Waals surface area contributed by atoms with Gasteiger partial charge >= 0.3 is 0 Å². The Morgan fingerprint density at radius 1 is 1.11 bits per heavy atom. The molecule has 0 amide bonds. The average Bonchev–Trinajstić information content (AvgIpc) is 3.06. The number of halogens is 1. The normalized spacial score (nSPS) is 24.7.